The first-order valence-electron chi connectivity index (χ1n) is 9.98. The fraction of sp³-hybridized carbons (Fsp3) is 0.261. The zero-order valence-electron chi connectivity index (χ0n) is 16.9. The summed E-state index contributed by atoms with van der Waals surface area (Å²) in [6, 6.07) is 13.4. The van der Waals surface area contributed by atoms with Gasteiger partial charge < -0.3 is 15.3 Å². The van der Waals surface area contributed by atoms with Crippen LogP contribution < -0.4 is 16.7 Å². The Labute approximate surface area is 174 Å². The van der Waals surface area contributed by atoms with E-state index in [0.717, 1.165) is 37.7 Å². The van der Waals surface area contributed by atoms with Crippen molar-refractivity contribution in [1.82, 2.24) is 5.43 Å². The van der Waals surface area contributed by atoms with Crippen LogP contribution in [0.3, 0.4) is 0 Å². The molecular formula is C23H25N3O4. The lowest BCUT2D eigenvalue weighted by Crippen LogP contribution is -2.27. The van der Waals surface area contributed by atoms with Crippen LogP contribution in [0.4, 0.5) is 0 Å². The van der Waals surface area contributed by atoms with E-state index in [1.807, 2.05) is 0 Å². The minimum atomic E-state index is -0.731. The molecule has 0 saturated heterocycles. The molecule has 0 spiro atoms. The fourth-order valence-corrected chi connectivity index (χ4v) is 3.17. The summed E-state index contributed by atoms with van der Waals surface area (Å²) in [5, 5.41) is 14.9. The predicted octanol–water partition coefficient (Wildman–Crippen LogP) is 3.61. The number of nitrogens with two attached hydrogens (primary N) is 1. The molecular weight excluding hydrogens is 382 g/mol. The van der Waals surface area contributed by atoms with Gasteiger partial charge in [0.1, 0.15) is 16.9 Å². The SMILES string of the molecule is CCCCCCc1cc2cc(C(N)=O)c(=NNC(=O)c3ccccc3)oc2cc1O. The summed E-state index contributed by atoms with van der Waals surface area (Å²) >= 11 is 0. The molecule has 1 aromatic heterocycles. The molecule has 0 fully saturated rings. The third kappa shape index (κ3) is 5.05. The number of phenolic OH excluding ortho intramolecular Hbond substituents is 1. The van der Waals surface area contributed by atoms with Gasteiger partial charge >= 0.3 is 0 Å². The number of amides is 2. The van der Waals surface area contributed by atoms with Gasteiger partial charge in [-0.15, -0.1) is 5.10 Å². The van der Waals surface area contributed by atoms with Crippen molar-refractivity contribution < 1.29 is 19.1 Å². The molecule has 30 heavy (non-hydrogen) atoms. The van der Waals surface area contributed by atoms with Crippen molar-refractivity contribution in [1.29, 1.82) is 0 Å². The second kappa shape index (κ2) is 9.73. The lowest BCUT2D eigenvalue weighted by Gasteiger charge is -2.08. The van der Waals surface area contributed by atoms with Crippen LogP contribution >= 0.6 is 0 Å². The van der Waals surface area contributed by atoms with Gasteiger partial charge in [0.15, 0.2) is 0 Å². The van der Waals surface area contributed by atoms with Crippen molar-refractivity contribution in [2.24, 2.45) is 10.8 Å². The highest BCUT2D eigenvalue weighted by atomic mass is 16.3. The lowest BCUT2D eigenvalue weighted by atomic mass is 10.0. The van der Waals surface area contributed by atoms with Crippen molar-refractivity contribution in [3.05, 3.63) is 70.8 Å². The molecule has 1 heterocycles. The van der Waals surface area contributed by atoms with Crippen LogP contribution in [0.5, 0.6) is 5.75 Å². The largest absolute Gasteiger partial charge is 0.508 e. The van der Waals surface area contributed by atoms with Gasteiger partial charge in [0.2, 0.25) is 5.55 Å². The van der Waals surface area contributed by atoms with E-state index < -0.39 is 11.8 Å². The molecule has 0 aliphatic rings. The highest BCUT2D eigenvalue weighted by Crippen LogP contribution is 2.26. The maximum atomic E-state index is 12.2. The quantitative estimate of drug-likeness (QED) is 0.390. The molecule has 0 aliphatic heterocycles. The van der Waals surface area contributed by atoms with E-state index in [-0.39, 0.29) is 16.9 Å². The highest BCUT2D eigenvalue weighted by molar-refractivity contribution is 5.96. The van der Waals surface area contributed by atoms with Gasteiger partial charge in [0.25, 0.3) is 11.8 Å². The average Bonchev–Trinajstić information content (AvgIpc) is 2.75. The van der Waals surface area contributed by atoms with Crippen LogP contribution in [0.2, 0.25) is 0 Å². The van der Waals surface area contributed by atoms with Gasteiger partial charge in [-0.1, -0.05) is 44.4 Å². The molecule has 4 N–H and O–H groups in total. The van der Waals surface area contributed by atoms with E-state index in [2.05, 4.69) is 17.5 Å². The molecule has 0 aliphatic carbocycles. The van der Waals surface area contributed by atoms with Gasteiger partial charge in [0, 0.05) is 17.0 Å². The van der Waals surface area contributed by atoms with Crippen molar-refractivity contribution in [3.63, 3.8) is 0 Å². The number of hydrogen-bond acceptors (Lipinski definition) is 5. The normalized spacial score (nSPS) is 11.6. The summed E-state index contributed by atoms with van der Waals surface area (Å²) in [7, 11) is 0. The molecule has 2 amide bonds. The number of benzene rings is 2. The number of carbonyl (C=O) groups is 2. The van der Waals surface area contributed by atoms with Crippen molar-refractivity contribution in [2.45, 2.75) is 39.0 Å². The van der Waals surface area contributed by atoms with Crippen LogP contribution in [-0.4, -0.2) is 16.9 Å². The third-order valence-corrected chi connectivity index (χ3v) is 4.81. The summed E-state index contributed by atoms with van der Waals surface area (Å²) in [6.07, 6.45) is 5.06. The molecule has 3 aromatic rings. The Kier molecular flexibility index (Phi) is 6.85. The number of phenols is 1. The van der Waals surface area contributed by atoms with Crippen molar-refractivity contribution >= 4 is 22.8 Å². The standard InChI is InChI=1S/C23H25N3O4/c1-2-3-4-6-11-16-12-17-13-18(21(24)28)23(30-20(17)14-19(16)27)26-25-22(29)15-9-7-5-8-10-15/h5,7-10,12-14,27H,2-4,6,11H2,1H3,(H2,24,28)(H,25,29). The van der Waals surface area contributed by atoms with Gasteiger partial charge in [0.05, 0.1) is 0 Å². The zero-order chi connectivity index (χ0) is 21.5. The summed E-state index contributed by atoms with van der Waals surface area (Å²) in [5.74, 6) is -1.06. The topological polar surface area (TPSA) is 118 Å². The number of unbranched alkanes of at least 4 members (excludes halogenated alkanes) is 3. The lowest BCUT2D eigenvalue weighted by molar-refractivity contribution is 0.0946. The molecule has 0 unspecified atom stereocenters. The average molecular weight is 407 g/mol. The maximum Gasteiger partial charge on any atom is 0.271 e. The molecule has 0 bridgehead atoms. The molecule has 0 saturated carbocycles. The van der Waals surface area contributed by atoms with Crippen LogP contribution in [0, 0.1) is 0 Å². The smallest absolute Gasteiger partial charge is 0.271 e. The molecule has 0 atom stereocenters. The number of fused-ring (bicyclic) bond motifs is 1. The molecule has 7 nitrogen and oxygen atoms in total. The maximum absolute atomic E-state index is 12.2. The van der Waals surface area contributed by atoms with Crippen LogP contribution in [0.1, 0.15) is 58.9 Å². The predicted molar refractivity (Wildman–Crippen MR) is 114 cm³/mol. The Hall–Kier alpha value is -3.61. The number of nitrogens with one attached hydrogen (secondary N) is 1. The molecule has 7 heteroatoms. The number of hydrogen-bond donors (Lipinski definition) is 3. The molecule has 156 valence electrons. The van der Waals surface area contributed by atoms with Crippen LogP contribution in [0.25, 0.3) is 11.0 Å². The molecule has 2 aromatic carbocycles. The first kappa shape index (κ1) is 21.1. The Morgan fingerprint density at radius 1 is 1.10 bits per heavy atom. The second-order valence-electron chi connectivity index (χ2n) is 7.08. The minimum Gasteiger partial charge on any atom is -0.508 e. The highest BCUT2D eigenvalue weighted by Gasteiger charge is 2.13. The second-order valence-corrected chi connectivity index (χ2v) is 7.08. The minimum absolute atomic E-state index is 0.0403. The first-order valence-corrected chi connectivity index (χ1v) is 9.98. The Morgan fingerprint density at radius 3 is 2.57 bits per heavy atom. The summed E-state index contributed by atoms with van der Waals surface area (Å²) in [5.41, 5.74) is 9.29. The number of primary amides is 1. The number of aromatic hydroxyl groups is 1. The molecule has 3 rings (SSSR count). The Morgan fingerprint density at radius 2 is 1.87 bits per heavy atom. The third-order valence-electron chi connectivity index (χ3n) is 4.81. The van der Waals surface area contributed by atoms with E-state index in [1.54, 1.807) is 42.5 Å². The number of carbonyl (C=O) groups excluding carboxylic acids is 2. The van der Waals surface area contributed by atoms with Gasteiger partial charge in [-0.2, -0.15) is 0 Å². The van der Waals surface area contributed by atoms with Crippen LogP contribution in [-0.2, 0) is 6.42 Å². The fourth-order valence-electron chi connectivity index (χ4n) is 3.17. The van der Waals surface area contributed by atoms with E-state index >= 15 is 0 Å². The summed E-state index contributed by atoms with van der Waals surface area (Å²) in [6.45, 7) is 2.14. The first-order chi connectivity index (χ1) is 14.5. The Bertz CT molecular complexity index is 1120. The monoisotopic (exact) mass is 407 g/mol. The van der Waals surface area contributed by atoms with E-state index in [0.29, 0.717) is 16.5 Å². The van der Waals surface area contributed by atoms with Gasteiger partial charge in [-0.25, -0.2) is 5.43 Å². The number of nitrogens with zero attached hydrogens (tertiary/aromatic N) is 1. The summed E-state index contributed by atoms with van der Waals surface area (Å²) in [4.78, 5) is 24.1. The van der Waals surface area contributed by atoms with E-state index in [1.165, 1.54) is 6.07 Å². The van der Waals surface area contributed by atoms with Gasteiger partial charge in [-0.3, -0.25) is 9.59 Å². The Balaban J connectivity index is 1.93. The van der Waals surface area contributed by atoms with Crippen molar-refractivity contribution in [2.75, 3.05) is 0 Å². The number of aryl methyl sites for hydroxylation is 1. The molecule has 0 radical (unpaired) electrons. The van der Waals surface area contributed by atoms with Gasteiger partial charge in [-0.05, 0) is 42.7 Å². The number of rotatable bonds is 8. The van der Waals surface area contributed by atoms with Crippen molar-refractivity contribution in [3.8, 4) is 5.75 Å². The summed E-state index contributed by atoms with van der Waals surface area (Å²) < 4.78 is 5.68. The zero-order valence-corrected chi connectivity index (χ0v) is 16.9. The van der Waals surface area contributed by atoms with Crippen LogP contribution in [0.15, 0.2) is 58.0 Å². The van der Waals surface area contributed by atoms with E-state index in [4.69, 9.17) is 10.2 Å². The van der Waals surface area contributed by atoms with E-state index in [9.17, 15) is 14.7 Å².